The standard InChI is InChI=1S/C21H27F3N2O5S3/c1-3-13-33(28,29)15-18-14-25(34(30,31)19-5-4-12-32-19)10-11-26(18)17-8-6-16(7-9-17)20(2,27)21(22,23)24/h4-9,12,18,27H,3,10-11,13-15H2,1-2H3/t18-,20?/m1/s1. The van der Waals surface area contributed by atoms with Crippen LogP contribution in [-0.2, 0) is 25.5 Å². The van der Waals surface area contributed by atoms with Crippen LogP contribution in [0.3, 0.4) is 0 Å². The van der Waals surface area contributed by atoms with Crippen LogP contribution in [0.2, 0.25) is 0 Å². The molecule has 1 saturated heterocycles. The largest absolute Gasteiger partial charge is 0.421 e. The molecule has 1 fully saturated rings. The first-order valence-electron chi connectivity index (χ1n) is 10.6. The van der Waals surface area contributed by atoms with E-state index in [1.807, 2.05) is 0 Å². The minimum atomic E-state index is -4.87. The molecular weight excluding hydrogens is 513 g/mol. The molecule has 190 valence electrons. The van der Waals surface area contributed by atoms with Gasteiger partial charge < -0.3 is 10.0 Å². The number of alkyl halides is 3. The smallest absolute Gasteiger partial charge is 0.376 e. The number of sulfonamides is 1. The number of aliphatic hydroxyl groups is 1. The van der Waals surface area contributed by atoms with E-state index in [9.17, 15) is 35.1 Å². The van der Waals surface area contributed by atoms with E-state index in [0.29, 0.717) is 19.0 Å². The van der Waals surface area contributed by atoms with E-state index in [1.54, 1.807) is 23.3 Å². The first-order chi connectivity index (χ1) is 15.7. The van der Waals surface area contributed by atoms with Crippen molar-refractivity contribution in [1.82, 2.24) is 4.31 Å². The molecule has 3 rings (SSSR count). The molecule has 1 aliphatic rings. The van der Waals surface area contributed by atoms with Crippen molar-refractivity contribution in [1.29, 1.82) is 0 Å². The zero-order chi connectivity index (χ0) is 25.4. The molecule has 1 N–H and O–H groups in total. The Kier molecular flexibility index (Phi) is 7.73. The number of hydrogen-bond acceptors (Lipinski definition) is 7. The Morgan fingerprint density at radius 1 is 1.09 bits per heavy atom. The quantitative estimate of drug-likeness (QED) is 0.553. The maximum Gasteiger partial charge on any atom is 0.421 e. The van der Waals surface area contributed by atoms with Crippen LogP contribution in [0.15, 0.2) is 46.0 Å². The van der Waals surface area contributed by atoms with Gasteiger partial charge in [-0.05, 0) is 42.5 Å². The normalized spacial score (nSPS) is 20.3. The molecule has 2 aromatic rings. The molecule has 0 saturated carbocycles. The minimum Gasteiger partial charge on any atom is -0.376 e. The molecule has 1 aromatic heterocycles. The van der Waals surface area contributed by atoms with Crippen molar-refractivity contribution in [3.8, 4) is 0 Å². The van der Waals surface area contributed by atoms with Crippen molar-refractivity contribution >= 4 is 36.9 Å². The van der Waals surface area contributed by atoms with Gasteiger partial charge in [0.1, 0.15) is 4.21 Å². The highest BCUT2D eigenvalue weighted by atomic mass is 32.2. The first kappa shape index (κ1) is 26.9. The van der Waals surface area contributed by atoms with Gasteiger partial charge in [0.25, 0.3) is 10.0 Å². The second-order valence-corrected chi connectivity index (χ2v) is 13.7. The molecule has 0 bridgehead atoms. The fourth-order valence-electron chi connectivity index (χ4n) is 3.89. The minimum absolute atomic E-state index is 0.0532. The summed E-state index contributed by atoms with van der Waals surface area (Å²) in [5.41, 5.74) is -2.94. The summed E-state index contributed by atoms with van der Waals surface area (Å²) in [7, 11) is -7.29. The summed E-state index contributed by atoms with van der Waals surface area (Å²) in [6.07, 6.45) is -4.46. The molecule has 2 heterocycles. The van der Waals surface area contributed by atoms with Crippen LogP contribution in [0.1, 0.15) is 25.8 Å². The topological polar surface area (TPSA) is 95.0 Å². The molecule has 1 unspecified atom stereocenters. The van der Waals surface area contributed by atoms with E-state index in [4.69, 9.17) is 0 Å². The number of halogens is 3. The highest BCUT2D eigenvalue weighted by molar-refractivity contribution is 7.91. The third-order valence-electron chi connectivity index (χ3n) is 5.81. The zero-order valence-corrected chi connectivity index (χ0v) is 21.1. The molecule has 1 aromatic carbocycles. The van der Waals surface area contributed by atoms with Crippen LogP contribution in [0, 0.1) is 0 Å². The molecule has 0 radical (unpaired) electrons. The van der Waals surface area contributed by atoms with Crippen LogP contribution >= 0.6 is 11.3 Å². The van der Waals surface area contributed by atoms with Crippen molar-refractivity contribution in [2.75, 3.05) is 36.0 Å². The molecule has 0 spiro atoms. The van der Waals surface area contributed by atoms with Gasteiger partial charge in [-0.15, -0.1) is 11.3 Å². The fourth-order valence-corrected chi connectivity index (χ4v) is 8.17. The number of sulfone groups is 1. The summed E-state index contributed by atoms with van der Waals surface area (Å²) in [5, 5.41) is 11.6. The number of rotatable bonds is 8. The molecule has 34 heavy (non-hydrogen) atoms. The van der Waals surface area contributed by atoms with Gasteiger partial charge in [-0.1, -0.05) is 25.1 Å². The van der Waals surface area contributed by atoms with Crippen molar-refractivity contribution in [3.63, 3.8) is 0 Å². The Labute approximate surface area is 201 Å². The summed E-state index contributed by atoms with van der Waals surface area (Å²) >= 11 is 1.07. The number of nitrogens with zero attached hydrogens (tertiary/aromatic N) is 2. The van der Waals surface area contributed by atoms with Crippen LogP contribution in [0.5, 0.6) is 0 Å². The van der Waals surface area contributed by atoms with Gasteiger partial charge in [-0.25, -0.2) is 16.8 Å². The molecular formula is C21H27F3N2O5S3. The van der Waals surface area contributed by atoms with Crippen LogP contribution in [-0.4, -0.2) is 69.6 Å². The summed E-state index contributed by atoms with van der Waals surface area (Å²) in [6, 6.07) is 7.45. The molecule has 0 aliphatic carbocycles. The van der Waals surface area contributed by atoms with Crippen molar-refractivity contribution in [2.45, 2.75) is 42.3 Å². The second kappa shape index (κ2) is 9.76. The van der Waals surface area contributed by atoms with Crippen molar-refractivity contribution in [3.05, 3.63) is 47.3 Å². The Morgan fingerprint density at radius 3 is 2.26 bits per heavy atom. The van der Waals surface area contributed by atoms with Gasteiger partial charge in [0.2, 0.25) is 0 Å². The predicted octanol–water partition coefficient (Wildman–Crippen LogP) is 3.22. The Morgan fingerprint density at radius 2 is 1.74 bits per heavy atom. The molecule has 13 heteroatoms. The maximum atomic E-state index is 13.2. The van der Waals surface area contributed by atoms with Crippen molar-refractivity contribution < 1.29 is 35.1 Å². The summed E-state index contributed by atoms with van der Waals surface area (Å²) in [5.74, 6) is -0.346. The van der Waals surface area contributed by atoms with E-state index >= 15 is 0 Å². The van der Waals surface area contributed by atoms with Crippen LogP contribution in [0.4, 0.5) is 18.9 Å². The lowest BCUT2D eigenvalue weighted by Crippen LogP contribution is -2.57. The van der Waals surface area contributed by atoms with Gasteiger partial charge in [-0.3, -0.25) is 0 Å². The number of benzene rings is 1. The monoisotopic (exact) mass is 540 g/mol. The van der Waals surface area contributed by atoms with E-state index in [1.165, 1.54) is 22.5 Å². The summed E-state index contributed by atoms with van der Waals surface area (Å²) in [6.45, 7) is 2.56. The number of anilines is 1. The molecule has 0 amide bonds. The number of thiophene rings is 1. The maximum absolute atomic E-state index is 13.2. The average molecular weight is 541 g/mol. The van der Waals surface area contributed by atoms with E-state index in [-0.39, 0.29) is 40.9 Å². The SMILES string of the molecule is CCCS(=O)(=O)C[C@H]1CN(S(=O)(=O)c2cccs2)CCN1c1ccc(C(C)(O)C(F)(F)F)cc1. The summed E-state index contributed by atoms with van der Waals surface area (Å²) < 4.78 is 92.2. The van der Waals surface area contributed by atoms with Gasteiger partial charge in [0, 0.05) is 31.1 Å². The Balaban J connectivity index is 1.91. The third kappa shape index (κ3) is 5.59. The van der Waals surface area contributed by atoms with Crippen LogP contribution in [0.25, 0.3) is 0 Å². The Hall–Kier alpha value is -1.67. The van der Waals surface area contributed by atoms with E-state index < -0.39 is 37.7 Å². The predicted molar refractivity (Wildman–Crippen MR) is 125 cm³/mol. The van der Waals surface area contributed by atoms with Crippen LogP contribution < -0.4 is 4.90 Å². The van der Waals surface area contributed by atoms with E-state index in [0.717, 1.165) is 23.5 Å². The average Bonchev–Trinajstić information content (AvgIpc) is 3.28. The number of piperazine rings is 1. The van der Waals surface area contributed by atoms with Gasteiger partial charge in [0.15, 0.2) is 15.4 Å². The molecule has 7 nitrogen and oxygen atoms in total. The second-order valence-electron chi connectivity index (χ2n) is 8.37. The van der Waals surface area contributed by atoms with Gasteiger partial charge >= 0.3 is 6.18 Å². The third-order valence-corrected chi connectivity index (χ3v) is 11.0. The highest BCUT2D eigenvalue weighted by Crippen LogP contribution is 2.39. The molecule has 1 aliphatic heterocycles. The lowest BCUT2D eigenvalue weighted by molar-refractivity contribution is -0.258. The lowest BCUT2D eigenvalue weighted by atomic mass is 9.95. The van der Waals surface area contributed by atoms with Crippen molar-refractivity contribution in [2.24, 2.45) is 0 Å². The number of hydrogen-bond donors (Lipinski definition) is 1. The fraction of sp³-hybridized carbons (Fsp3) is 0.524. The Bertz CT molecular complexity index is 1180. The van der Waals surface area contributed by atoms with E-state index in [2.05, 4.69) is 0 Å². The molecule has 2 atom stereocenters. The lowest BCUT2D eigenvalue weighted by Gasteiger charge is -2.42. The zero-order valence-electron chi connectivity index (χ0n) is 18.7. The first-order valence-corrected chi connectivity index (χ1v) is 14.7. The van der Waals surface area contributed by atoms with Gasteiger partial charge in [0.05, 0.1) is 11.8 Å². The summed E-state index contributed by atoms with van der Waals surface area (Å²) in [4.78, 5) is 1.71. The van der Waals surface area contributed by atoms with Gasteiger partial charge in [-0.2, -0.15) is 17.5 Å². The highest BCUT2D eigenvalue weighted by Gasteiger charge is 2.51.